The van der Waals surface area contributed by atoms with Gasteiger partial charge in [0.1, 0.15) is 38.5 Å². The predicted molar refractivity (Wildman–Crippen MR) is 204 cm³/mol. The fourth-order valence-electron chi connectivity index (χ4n) is 5.26. The number of nitrogens with one attached hydrogen (secondary N) is 2. The third kappa shape index (κ3) is 15.9. The Balaban J connectivity index is 1.40. The average molecular weight is 766 g/mol. The van der Waals surface area contributed by atoms with Crippen molar-refractivity contribution in [3.63, 3.8) is 0 Å². The smallest absolute Gasteiger partial charge is 0.328 e. The summed E-state index contributed by atoms with van der Waals surface area (Å²) in [5.74, 6) is -4.23. The molecule has 0 aliphatic rings. The Morgan fingerprint density at radius 3 is 1.14 bits per heavy atom. The second-order valence-corrected chi connectivity index (χ2v) is 12.9. The van der Waals surface area contributed by atoms with E-state index in [-0.39, 0.29) is 65.0 Å². The summed E-state index contributed by atoms with van der Waals surface area (Å²) in [6, 6.07) is 32.1. The number of benzene rings is 4. The Hall–Kier alpha value is -6.34. The Morgan fingerprint density at radius 1 is 0.429 bits per heavy atom. The van der Waals surface area contributed by atoms with Crippen molar-refractivity contribution >= 4 is 35.7 Å². The largest absolute Gasteiger partial charge is 0.461 e. The van der Waals surface area contributed by atoms with Gasteiger partial charge in [0.05, 0.1) is 6.04 Å². The van der Waals surface area contributed by atoms with Crippen molar-refractivity contribution in [3.8, 4) is 0 Å². The molecule has 13 heteroatoms. The molecule has 4 aromatic carbocycles. The number of hydrogen-bond donors (Lipinski definition) is 3. The van der Waals surface area contributed by atoms with Gasteiger partial charge in [-0.25, -0.2) is 4.79 Å². The highest BCUT2D eigenvalue weighted by molar-refractivity contribution is 5.92. The molecule has 56 heavy (non-hydrogen) atoms. The normalized spacial score (nSPS) is 12.2. The minimum atomic E-state index is -1.36. The zero-order valence-corrected chi connectivity index (χ0v) is 31.0. The lowest BCUT2D eigenvalue weighted by Crippen LogP contribution is -2.54. The molecule has 2 amide bonds. The van der Waals surface area contributed by atoms with Crippen molar-refractivity contribution in [1.82, 2.24) is 10.6 Å². The first-order chi connectivity index (χ1) is 27.2. The van der Waals surface area contributed by atoms with Crippen LogP contribution in [0.2, 0.25) is 0 Å². The van der Waals surface area contributed by atoms with E-state index in [2.05, 4.69) is 10.6 Å². The highest BCUT2D eigenvalue weighted by Crippen LogP contribution is 2.11. The van der Waals surface area contributed by atoms with Gasteiger partial charge in [-0.15, -0.1) is 0 Å². The van der Waals surface area contributed by atoms with Gasteiger partial charge in [-0.3, -0.25) is 24.0 Å². The van der Waals surface area contributed by atoms with E-state index in [1.165, 1.54) is 0 Å². The summed E-state index contributed by atoms with van der Waals surface area (Å²) < 4.78 is 21.5. The molecule has 0 saturated carbocycles. The van der Waals surface area contributed by atoms with Crippen molar-refractivity contribution in [2.45, 2.75) is 83.1 Å². The molecular formula is C43H47N3O10. The van der Waals surface area contributed by atoms with Crippen molar-refractivity contribution in [3.05, 3.63) is 144 Å². The molecule has 294 valence electrons. The van der Waals surface area contributed by atoms with Gasteiger partial charge in [-0.2, -0.15) is 0 Å². The third-order valence-corrected chi connectivity index (χ3v) is 8.46. The summed E-state index contributed by atoms with van der Waals surface area (Å²) in [5.41, 5.74) is 9.15. The van der Waals surface area contributed by atoms with E-state index in [0.29, 0.717) is 5.56 Å². The molecule has 3 atom stereocenters. The van der Waals surface area contributed by atoms with Crippen LogP contribution in [0.1, 0.15) is 60.8 Å². The summed E-state index contributed by atoms with van der Waals surface area (Å²) in [6.45, 7) is -0.0115. The zero-order chi connectivity index (χ0) is 40.0. The van der Waals surface area contributed by atoms with E-state index in [0.717, 1.165) is 16.7 Å². The fraction of sp³-hybridized carbons (Fsp3) is 0.302. The summed E-state index contributed by atoms with van der Waals surface area (Å²) >= 11 is 0. The number of carbonyl (C=O) groups excluding carboxylic acids is 6. The molecule has 0 heterocycles. The monoisotopic (exact) mass is 765 g/mol. The van der Waals surface area contributed by atoms with Gasteiger partial charge in [0, 0.05) is 19.3 Å². The van der Waals surface area contributed by atoms with Gasteiger partial charge in [0.25, 0.3) is 0 Å². The van der Waals surface area contributed by atoms with Crippen LogP contribution in [0.25, 0.3) is 0 Å². The van der Waals surface area contributed by atoms with Crippen molar-refractivity contribution < 1.29 is 47.7 Å². The van der Waals surface area contributed by atoms with Crippen molar-refractivity contribution in [2.75, 3.05) is 0 Å². The number of amides is 2. The van der Waals surface area contributed by atoms with E-state index in [9.17, 15) is 28.8 Å². The van der Waals surface area contributed by atoms with Crippen LogP contribution in [-0.4, -0.2) is 53.8 Å². The second-order valence-electron chi connectivity index (χ2n) is 12.9. The summed E-state index contributed by atoms with van der Waals surface area (Å²) in [5, 5.41) is 5.14. The predicted octanol–water partition coefficient (Wildman–Crippen LogP) is 4.60. The zero-order valence-electron chi connectivity index (χ0n) is 31.0. The topological polar surface area (TPSA) is 189 Å². The van der Waals surface area contributed by atoms with Crippen molar-refractivity contribution in [1.29, 1.82) is 0 Å². The van der Waals surface area contributed by atoms with Gasteiger partial charge >= 0.3 is 23.9 Å². The highest BCUT2D eigenvalue weighted by atomic mass is 16.5. The molecule has 4 rings (SSSR count). The molecule has 0 aromatic heterocycles. The number of esters is 4. The highest BCUT2D eigenvalue weighted by Gasteiger charge is 2.30. The molecule has 0 bridgehead atoms. The first kappa shape index (κ1) is 42.4. The van der Waals surface area contributed by atoms with Crippen LogP contribution in [0.15, 0.2) is 121 Å². The minimum absolute atomic E-state index is 0.00381. The van der Waals surface area contributed by atoms with Gasteiger partial charge in [0.15, 0.2) is 0 Å². The summed E-state index contributed by atoms with van der Waals surface area (Å²) in [6.07, 6.45) is -1.18. The van der Waals surface area contributed by atoms with Gasteiger partial charge < -0.3 is 35.3 Å². The van der Waals surface area contributed by atoms with E-state index in [4.69, 9.17) is 24.7 Å². The number of hydrogen-bond acceptors (Lipinski definition) is 11. The van der Waals surface area contributed by atoms with Crippen LogP contribution in [-0.2, 0) is 74.1 Å². The van der Waals surface area contributed by atoms with E-state index in [1.807, 2.05) is 48.5 Å². The van der Waals surface area contributed by atoms with Crippen LogP contribution in [0.3, 0.4) is 0 Å². The Kier molecular flexibility index (Phi) is 17.8. The fourth-order valence-corrected chi connectivity index (χ4v) is 5.26. The SMILES string of the molecule is NC(CCC(=O)OCc1ccccc1)C(=O)NC(CCC(=O)OCc1ccccc1)C(=O)NC(CCC(=O)OCc1ccccc1)C(=O)OCc1ccccc1. The van der Waals surface area contributed by atoms with Gasteiger partial charge in [-0.05, 0) is 41.5 Å². The lowest BCUT2D eigenvalue weighted by Gasteiger charge is -2.24. The standard InChI is InChI=1S/C43H47N3O10/c44-35(21-24-38(47)53-27-31-13-5-1-6-14-31)41(50)45-36(22-25-39(48)54-28-32-15-7-2-8-16-32)42(51)46-37(43(52)56-30-34-19-11-4-12-20-34)23-26-40(49)55-29-33-17-9-3-10-18-33/h1-20,35-37H,21-30,44H2,(H,45,50)(H,46,51). The Labute approximate surface area is 325 Å². The van der Waals surface area contributed by atoms with E-state index in [1.54, 1.807) is 72.8 Å². The molecule has 0 aliphatic carbocycles. The Bertz CT molecular complexity index is 1840. The number of ether oxygens (including phenoxy) is 4. The van der Waals surface area contributed by atoms with Gasteiger partial charge in [0.2, 0.25) is 11.8 Å². The first-order valence-electron chi connectivity index (χ1n) is 18.3. The summed E-state index contributed by atoms with van der Waals surface area (Å²) in [4.78, 5) is 78.2. The molecule has 13 nitrogen and oxygen atoms in total. The molecule has 0 fully saturated rings. The molecule has 0 spiro atoms. The molecular weight excluding hydrogens is 718 g/mol. The minimum Gasteiger partial charge on any atom is -0.461 e. The van der Waals surface area contributed by atoms with Crippen LogP contribution >= 0.6 is 0 Å². The first-order valence-corrected chi connectivity index (χ1v) is 18.3. The van der Waals surface area contributed by atoms with Crippen LogP contribution in [0, 0.1) is 0 Å². The molecule has 3 unspecified atom stereocenters. The van der Waals surface area contributed by atoms with E-state index >= 15 is 0 Å². The van der Waals surface area contributed by atoms with Crippen molar-refractivity contribution in [2.24, 2.45) is 5.73 Å². The molecule has 0 aliphatic heterocycles. The second kappa shape index (κ2) is 23.4. The molecule has 0 radical (unpaired) electrons. The molecule has 0 saturated heterocycles. The maximum atomic E-state index is 13.8. The molecule has 4 N–H and O–H groups in total. The van der Waals surface area contributed by atoms with E-state index < -0.39 is 53.8 Å². The number of rotatable bonds is 22. The van der Waals surface area contributed by atoms with Crippen LogP contribution in [0.5, 0.6) is 0 Å². The summed E-state index contributed by atoms with van der Waals surface area (Å²) in [7, 11) is 0. The lowest BCUT2D eigenvalue weighted by atomic mass is 10.1. The van der Waals surface area contributed by atoms with Gasteiger partial charge in [-0.1, -0.05) is 121 Å². The third-order valence-electron chi connectivity index (χ3n) is 8.46. The average Bonchev–Trinajstić information content (AvgIpc) is 3.23. The Morgan fingerprint density at radius 2 is 0.750 bits per heavy atom. The lowest BCUT2D eigenvalue weighted by molar-refractivity contribution is -0.151. The van der Waals surface area contributed by atoms with Crippen LogP contribution in [0.4, 0.5) is 0 Å². The quantitative estimate of drug-likeness (QED) is 0.0750. The number of carbonyl (C=O) groups is 6. The van der Waals surface area contributed by atoms with Crippen LogP contribution < -0.4 is 16.4 Å². The maximum Gasteiger partial charge on any atom is 0.328 e. The number of nitrogens with two attached hydrogens (primary N) is 1. The molecule has 4 aromatic rings. The maximum absolute atomic E-state index is 13.8.